The molecular formula is C14H21NO3. The number of methoxy groups -OCH3 is 1. The highest BCUT2D eigenvalue weighted by molar-refractivity contribution is 5.79. The van der Waals surface area contributed by atoms with Crippen LogP contribution >= 0.6 is 0 Å². The van der Waals surface area contributed by atoms with E-state index < -0.39 is 12.0 Å². The first-order chi connectivity index (χ1) is 8.31. The smallest absolute Gasteiger partial charge is 0.326 e. The fourth-order valence-corrected chi connectivity index (χ4v) is 2.15. The van der Waals surface area contributed by atoms with Crippen LogP contribution in [-0.4, -0.2) is 31.3 Å². The minimum atomic E-state index is -0.829. The van der Waals surface area contributed by atoms with Crippen molar-refractivity contribution >= 4 is 11.7 Å². The van der Waals surface area contributed by atoms with Crippen molar-refractivity contribution in [1.82, 2.24) is 0 Å². The molecular weight excluding hydrogens is 230 g/mol. The number of benzene rings is 1. The highest BCUT2D eigenvalue weighted by Gasteiger charge is 2.21. The molecule has 1 aromatic carbocycles. The van der Waals surface area contributed by atoms with Crippen molar-refractivity contribution in [3.05, 3.63) is 22.8 Å². The number of aliphatic carboxylic acids is 1. The number of carboxylic acids is 1. The molecule has 0 heterocycles. The number of nitrogens with zero attached hydrogens (tertiary/aromatic N) is 1. The fraction of sp³-hybridized carbons (Fsp3) is 0.500. The lowest BCUT2D eigenvalue weighted by Gasteiger charge is -2.28. The number of ether oxygens (including phenoxy) is 1. The monoisotopic (exact) mass is 251 g/mol. The molecule has 0 aliphatic carbocycles. The Morgan fingerprint density at radius 3 is 2.33 bits per heavy atom. The van der Waals surface area contributed by atoms with E-state index in [0.717, 1.165) is 28.1 Å². The molecule has 0 aliphatic heterocycles. The Morgan fingerprint density at radius 1 is 1.33 bits per heavy atom. The SMILES string of the molecule is COc1cc(C)c(N(C)C(C)C(=O)O)c(C)c1C. The van der Waals surface area contributed by atoms with Crippen LogP contribution in [0.4, 0.5) is 5.69 Å². The lowest BCUT2D eigenvalue weighted by atomic mass is 10.0. The second-order valence-corrected chi connectivity index (χ2v) is 4.62. The minimum Gasteiger partial charge on any atom is -0.496 e. The molecule has 0 amide bonds. The van der Waals surface area contributed by atoms with Crippen LogP contribution in [0.1, 0.15) is 23.6 Å². The van der Waals surface area contributed by atoms with Gasteiger partial charge in [0, 0.05) is 12.7 Å². The molecule has 0 bridgehead atoms. The first-order valence-electron chi connectivity index (χ1n) is 5.91. The number of rotatable bonds is 4. The number of carboxylic acid groups (broad SMARTS) is 1. The van der Waals surface area contributed by atoms with Crippen LogP contribution in [0.25, 0.3) is 0 Å². The van der Waals surface area contributed by atoms with Crippen LogP contribution in [0.2, 0.25) is 0 Å². The summed E-state index contributed by atoms with van der Waals surface area (Å²) >= 11 is 0. The van der Waals surface area contributed by atoms with E-state index >= 15 is 0 Å². The summed E-state index contributed by atoms with van der Waals surface area (Å²) in [7, 11) is 3.45. The maximum Gasteiger partial charge on any atom is 0.326 e. The molecule has 1 rings (SSSR count). The highest BCUT2D eigenvalue weighted by Crippen LogP contribution is 2.33. The summed E-state index contributed by atoms with van der Waals surface area (Å²) in [5.41, 5.74) is 4.08. The Hall–Kier alpha value is -1.71. The van der Waals surface area contributed by atoms with Crippen molar-refractivity contribution in [2.24, 2.45) is 0 Å². The molecule has 1 aromatic rings. The molecule has 4 nitrogen and oxygen atoms in total. The summed E-state index contributed by atoms with van der Waals surface area (Å²) in [5.74, 6) is 0.00917. The van der Waals surface area contributed by atoms with Gasteiger partial charge in [-0.1, -0.05) is 0 Å². The lowest BCUT2D eigenvalue weighted by Crippen LogP contribution is -2.36. The summed E-state index contributed by atoms with van der Waals surface area (Å²) in [6.45, 7) is 7.62. The second kappa shape index (κ2) is 5.29. The van der Waals surface area contributed by atoms with Crippen molar-refractivity contribution < 1.29 is 14.6 Å². The molecule has 0 aliphatic rings. The largest absolute Gasteiger partial charge is 0.496 e. The minimum absolute atomic E-state index is 0.560. The third-order valence-corrected chi connectivity index (χ3v) is 3.52. The number of carbonyl (C=O) groups is 1. The van der Waals surface area contributed by atoms with Crippen LogP contribution in [0.5, 0.6) is 5.75 Å². The van der Waals surface area contributed by atoms with Crippen molar-refractivity contribution in [3.63, 3.8) is 0 Å². The number of aryl methyl sites for hydroxylation is 1. The molecule has 100 valence electrons. The zero-order valence-electron chi connectivity index (χ0n) is 11.9. The topological polar surface area (TPSA) is 49.8 Å². The molecule has 18 heavy (non-hydrogen) atoms. The van der Waals surface area contributed by atoms with Crippen molar-refractivity contribution in [2.45, 2.75) is 33.7 Å². The van der Waals surface area contributed by atoms with Crippen LogP contribution in [0, 0.1) is 20.8 Å². The Balaban J connectivity index is 3.33. The zero-order chi connectivity index (χ0) is 14.0. The zero-order valence-corrected chi connectivity index (χ0v) is 11.9. The molecule has 0 radical (unpaired) electrons. The summed E-state index contributed by atoms with van der Waals surface area (Å²) < 4.78 is 5.31. The summed E-state index contributed by atoms with van der Waals surface area (Å²) in [5, 5.41) is 9.10. The molecule has 0 saturated heterocycles. The maximum atomic E-state index is 11.1. The molecule has 0 fully saturated rings. The molecule has 0 saturated carbocycles. The lowest BCUT2D eigenvalue weighted by molar-refractivity contribution is -0.138. The number of hydrogen-bond acceptors (Lipinski definition) is 3. The van der Waals surface area contributed by atoms with Gasteiger partial charge in [-0.15, -0.1) is 0 Å². The summed E-state index contributed by atoms with van der Waals surface area (Å²) in [6, 6.07) is 1.39. The van der Waals surface area contributed by atoms with E-state index in [-0.39, 0.29) is 0 Å². The standard InChI is InChI=1S/C14H21NO3/c1-8-7-12(18-6)9(2)10(3)13(8)15(5)11(4)14(16)17/h7,11H,1-6H3,(H,16,17). The average Bonchev–Trinajstić information content (AvgIpc) is 2.32. The van der Waals surface area contributed by atoms with E-state index in [1.54, 1.807) is 26.0 Å². The van der Waals surface area contributed by atoms with Crippen molar-refractivity contribution in [1.29, 1.82) is 0 Å². The molecule has 1 unspecified atom stereocenters. The van der Waals surface area contributed by atoms with E-state index in [9.17, 15) is 4.79 Å². The molecule has 0 aromatic heterocycles. The van der Waals surface area contributed by atoms with Crippen LogP contribution in [-0.2, 0) is 4.79 Å². The van der Waals surface area contributed by atoms with Crippen molar-refractivity contribution in [2.75, 3.05) is 19.1 Å². The normalized spacial score (nSPS) is 12.1. The van der Waals surface area contributed by atoms with Crippen LogP contribution in [0.3, 0.4) is 0 Å². The highest BCUT2D eigenvalue weighted by atomic mass is 16.5. The number of likely N-dealkylation sites (N-methyl/N-ethyl adjacent to an activating group) is 1. The van der Waals surface area contributed by atoms with Crippen LogP contribution < -0.4 is 9.64 Å². The quantitative estimate of drug-likeness (QED) is 0.893. The number of hydrogen-bond donors (Lipinski definition) is 1. The van der Waals surface area contributed by atoms with Gasteiger partial charge >= 0.3 is 5.97 Å². The van der Waals surface area contributed by atoms with E-state index in [1.807, 2.05) is 26.8 Å². The molecule has 1 atom stereocenters. The van der Waals surface area contributed by atoms with Gasteiger partial charge in [0.15, 0.2) is 0 Å². The molecule has 4 heteroatoms. The Morgan fingerprint density at radius 2 is 1.89 bits per heavy atom. The van der Waals surface area contributed by atoms with E-state index in [4.69, 9.17) is 9.84 Å². The van der Waals surface area contributed by atoms with Gasteiger partial charge in [0.2, 0.25) is 0 Å². The van der Waals surface area contributed by atoms with E-state index in [1.165, 1.54) is 0 Å². The third-order valence-electron chi connectivity index (χ3n) is 3.52. The van der Waals surface area contributed by atoms with Gasteiger partial charge < -0.3 is 14.7 Å². The van der Waals surface area contributed by atoms with Gasteiger partial charge in [0.1, 0.15) is 11.8 Å². The molecule has 1 N–H and O–H groups in total. The van der Waals surface area contributed by atoms with Gasteiger partial charge in [0.05, 0.1) is 7.11 Å². The summed E-state index contributed by atoms with van der Waals surface area (Å²) in [4.78, 5) is 12.9. The van der Waals surface area contributed by atoms with E-state index in [0.29, 0.717) is 0 Å². The van der Waals surface area contributed by atoms with Gasteiger partial charge in [-0.3, -0.25) is 0 Å². The third kappa shape index (κ3) is 2.42. The predicted octanol–water partition coefficient (Wildman–Crippen LogP) is 2.53. The maximum absolute atomic E-state index is 11.1. The van der Waals surface area contributed by atoms with Crippen molar-refractivity contribution in [3.8, 4) is 5.75 Å². The van der Waals surface area contributed by atoms with Gasteiger partial charge in [0.25, 0.3) is 0 Å². The fourth-order valence-electron chi connectivity index (χ4n) is 2.15. The predicted molar refractivity (Wildman–Crippen MR) is 72.7 cm³/mol. The van der Waals surface area contributed by atoms with E-state index in [2.05, 4.69) is 0 Å². The summed E-state index contributed by atoms with van der Waals surface area (Å²) in [6.07, 6.45) is 0. The van der Waals surface area contributed by atoms with Gasteiger partial charge in [-0.05, 0) is 50.5 Å². The van der Waals surface area contributed by atoms with Gasteiger partial charge in [-0.25, -0.2) is 4.79 Å². The Bertz CT molecular complexity index is 469. The average molecular weight is 251 g/mol. The molecule has 0 spiro atoms. The first-order valence-corrected chi connectivity index (χ1v) is 5.91. The van der Waals surface area contributed by atoms with Gasteiger partial charge in [-0.2, -0.15) is 0 Å². The van der Waals surface area contributed by atoms with Crippen LogP contribution in [0.15, 0.2) is 6.07 Å². The Kier molecular flexibility index (Phi) is 4.22. The Labute approximate surface area is 108 Å². The number of anilines is 1. The first kappa shape index (κ1) is 14.4. The second-order valence-electron chi connectivity index (χ2n) is 4.62.